The third-order valence-electron chi connectivity index (χ3n) is 3.51. The molecule has 28 heavy (non-hydrogen) atoms. The minimum absolute atomic E-state index is 0.406. The van der Waals surface area contributed by atoms with Crippen molar-refractivity contribution < 1.29 is 9.53 Å². The maximum absolute atomic E-state index is 11.4. The molecule has 2 rings (SSSR count). The number of benzene rings is 2. The number of nitrogens with zero attached hydrogens (tertiary/aromatic N) is 1. The lowest BCUT2D eigenvalue weighted by Crippen LogP contribution is -2.33. The molecule has 3 N–H and O–H groups in total. The summed E-state index contributed by atoms with van der Waals surface area (Å²) in [5, 5.41) is 11.4. The van der Waals surface area contributed by atoms with Gasteiger partial charge in [0.05, 0.1) is 11.6 Å². The van der Waals surface area contributed by atoms with Crippen LogP contribution >= 0.6 is 15.9 Å². The van der Waals surface area contributed by atoms with Crippen molar-refractivity contribution in [3.05, 3.63) is 69.7 Å². The molecule has 0 unspecified atom stereocenters. The predicted molar refractivity (Wildman–Crippen MR) is 116 cm³/mol. The summed E-state index contributed by atoms with van der Waals surface area (Å²) in [6, 6.07) is 17.6. The molecule has 0 aliphatic carbocycles. The zero-order chi connectivity index (χ0) is 21.0. The summed E-state index contributed by atoms with van der Waals surface area (Å²) in [7, 11) is 0. The predicted octanol–water partition coefficient (Wildman–Crippen LogP) is 4.58. The smallest absolute Gasteiger partial charge is 0.407 e. The Morgan fingerprint density at radius 2 is 1.61 bits per heavy atom. The van der Waals surface area contributed by atoms with Gasteiger partial charge in [-0.05, 0) is 75.5 Å². The molecule has 0 saturated carbocycles. The Balaban J connectivity index is 0.000000330. The zero-order valence-electron chi connectivity index (χ0n) is 16.7. The third-order valence-corrected chi connectivity index (χ3v) is 4.04. The number of carbonyl (C=O) groups is 1. The molecule has 0 aliphatic rings. The summed E-state index contributed by atoms with van der Waals surface area (Å²) >= 11 is 3.37. The molecule has 2 aromatic rings. The van der Waals surface area contributed by atoms with Gasteiger partial charge in [0.2, 0.25) is 0 Å². The largest absolute Gasteiger partial charge is 0.444 e. The summed E-state index contributed by atoms with van der Waals surface area (Å²) in [4.78, 5) is 11.4. The molecule has 150 valence electrons. The number of ether oxygens (including phenoxy) is 1. The van der Waals surface area contributed by atoms with E-state index in [0.29, 0.717) is 18.5 Å². The first-order valence-electron chi connectivity index (χ1n) is 9.14. The number of nitriles is 1. The molecular weight excluding hydrogens is 418 g/mol. The molecule has 0 spiro atoms. The second-order valence-electron chi connectivity index (χ2n) is 7.15. The van der Waals surface area contributed by atoms with Crippen molar-refractivity contribution in [3.8, 4) is 6.07 Å². The molecule has 1 amide bonds. The van der Waals surface area contributed by atoms with Crippen molar-refractivity contribution in [2.75, 3.05) is 13.1 Å². The molecule has 0 saturated heterocycles. The van der Waals surface area contributed by atoms with E-state index >= 15 is 0 Å². The second-order valence-corrected chi connectivity index (χ2v) is 8.07. The van der Waals surface area contributed by atoms with Gasteiger partial charge in [-0.2, -0.15) is 5.26 Å². The number of alkyl carbamates (subject to hydrolysis) is 1. The Bertz CT molecular complexity index is 760. The molecule has 6 heteroatoms. The Hall–Kier alpha value is -2.36. The monoisotopic (exact) mass is 445 g/mol. The zero-order valence-corrected chi connectivity index (χ0v) is 18.3. The van der Waals surface area contributed by atoms with Crippen molar-refractivity contribution in [1.29, 1.82) is 5.26 Å². The summed E-state index contributed by atoms with van der Waals surface area (Å²) in [6.45, 7) is 6.72. The van der Waals surface area contributed by atoms with Crippen LogP contribution in [0.3, 0.4) is 0 Å². The first-order valence-corrected chi connectivity index (χ1v) is 9.93. The molecule has 0 aliphatic heterocycles. The first kappa shape index (κ1) is 23.7. The SMILES string of the molecule is CC(C)(C)OC(=O)NCCc1ccc(C#N)cc1.NCCc1ccc(Br)cc1. The van der Waals surface area contributed by atoms with Crippen LogP contribution < -0.4 is 11.1 Å². The number of halogens is 1. The molecule has 5 nitrogen and oxygen atoms in total. The van der Waals surface area contributed by atoms with E-state index in [1.807, 2.05) is 45.0 Å². The highest BCUT2D eigenvalue weighted by Gasteiger charge is 2.15. The number of carbonyl (C=O) groups excluding carboxylic acids is 1. The maximum atomic E-state index is 11.4. The van der Waals surface area contributed by atoms with Crippen LogP contribution in [0.15, 0.2) is 53.0 Å². The first-order chi connectivity index (χ1) is 13.2. The van der Waals surface area contributed by atoms with Crippen LogP contribution in [-0.2, 0) is 17.6 Å². The average Bonchev–Trinajstić information content (AvgIpc) is 2.63. The van der Waals surface area contributed by atoms with Crippen LogP contribution in [0.5, 0.6) is 0 Å². The lowest BCUT2D eigenvalue weighted by molar-refractivity contribution is 0.0528. The quantitative estimate of drug-likeness (QED) is 0.704. The number of rotatable bonds is 5. The van der Waals surface area contributed by atoms with Gasteiger partial charge in [0.1, 0.15) is 5.60 Å². The fourth-order valence-corrected chi connectivity index (χ4v) is 2.45. The molecule has 0 atom stereocenters. The van der Waals surface area contributed by atoms with Crippen LogP contribution in [0.2, 0.25) is 0 Å². The van der Waals surface area contributed by atoms with Crippen LogP contribution in [-0.4, -0.2) is 24.8 Å². The molecule has 0 radical (unpaired) electrons. The van der Waals surface area contributed by atoms with Crippen molar-refractivity contribution in [2.24, 2.45) is 5.73 Å². The van der Waals surface area contributed by atoms with E-state index in [4.69, 9.17) is 15.7 Å². The maximum Gasteiger partial charge on any atom is 0.407 e. The van der Waals surface area contributed by atoms with Crippen molar-refractivity contribution in [1.82, 2.24) is 5.32 Å². The van der Waals surface area contributed by atoms with E-state index in [1.165, 1.54) is 5.56 Å². The minimum atomic E-state index is -0.474. The van der Waals surface area contributed by atoms with Crippen LogP contribution in [0.4, 0.5) is 4.79 Å². The van der Waals surface area contributed by atoms with E-state index in [2.05, 4.69) is 39.4 Å². The lowest BCUT2D eigenvalue weighted by Gasteiger charge is -2.19. The van der Waals surface area contributed by atoms with Gasteiger partial charge in [0.15, 0.2) is 0 Å². The molecular formula is C22H28BrN3O2. The Kier molecular flexibility index (Phi) is 10.3. The molecule has 0 fully saturated rings. The summed E-state index contributed by atoms with van der Waals surface area (Å²) in [5.74, 6) is 0. The van der Waals surface area contributed by atoms with Gasteiger partial charge in [-0.15, -0.1) is 0 Å². The van der Waals surface area contributed by atoms with Crippen molar-refractivity contribution in [2.45, 2.75) is 39.2 Å². The van der Waals surface area contributed by atoms with Crippen molar-refractivity contribution in [3.63, 3.8) is 0 Å². The molecule has 2 aromatic carbocycles. The minimum Gasteiger partial charge on any atom is -0.444 e. The fraction of sp³-hybridized carbons (Fsp3) is 0.364. The molecule has 0 bridgehead atoms. The highest BCUT2D eigenvalue weighted by molar-refractivity contribution is 9.10. The number of amides is 1. The van der Waals surface area contributed by atoms with E-state index in [9.17, 15) is 4.79 Å². The normalized spacial score (nSPS) is 10.3. The Morgan fingerprint density at radius 1 is 1.07 bits per heavy atom. The summed E-state index contributed by atoms with van der Waals surface area (Å²) in [6.07, 6.45) is 1.27. The Morgan fingerprint density at radius 3 is 2.11 bits per heavy atom. The van der Waals surface area contributed by atoms with Crippen LogP contribution in [0.25, 0.3) is 0 Å². The van der Waals surface area contributed by atoms with E-state index in [-0.39, 0.29) is 0 Å². The number of nitrogens with one attached hydrogen (secondary N) is 1. The van der Waals surface area contributed by atoms with E-state index in [1.54, 1.807) is 12.1 Å². The summed E-state index contributed by atoms with van der Waals surface area (Å²) in [5.41, 5.74) is 7.92. The van der Waals surface area contributed by atoms with Gasteiger partial charge < -0.3 is 15.8 Å². The number of nitrogens with two attached hydrogens (primary N) is 1. The number of hydrogen-bond acceptors (Lipinski definition) is 4. The van der Waals surface area contributed by atoms with Gasteiger partial charge in [-0.3, -0.25) is 0 Å². The molecule has 0 aromatic heterocycles. The second kappa shape index (κ2) is 12.2. The molecule has 0 heterocycles. The van der Waals surface area contributed by atoms with E-state index in [0.717, 1.165) is 23.0 Å². The van der Waals surface area contributed by atoms with Crippen LogP contribution in [0.1, 0.15) is 37.5 Å². The van der Waals surface area contributed by atoms with Gasteiger partial charge >= 0.3 is 6.09 Å². The fourth-order valence-electron chi connectivity index (χ4n) is 2.19. The topological polar surface area (TPSA) is 88.1 Å². The van der Waals surface area contributed by atoms with Gasteiger partial charge in [0, 0.05) is 11.0 Å². The Labute approximate surface area is 176 Å². The highest BCUT2D eigenvalue weighted by atomic mass is 79.9. The van der Waals surface area contributed by atoms with E-state index < -0.39 is 11.7 Å². The van der Waals surface area contributed by atoms with Crippen LogP contribution in [0, 0.1) is 11.3 Å². The van der Waals surface area contributed by atoms with Crippen molar-refractivity contribution >= 4 is 22.0 Å². The third kappa shape index (κ3) is 10.7. The lowest BCUT2D eigenvalue weighted by atomic mass is 10.1. The van der Waals surface area contributed by atoms with Gasteiger partial charge in [-0.25, -0.2) is 4.79 Å². The number of hydrogen-bond donors (Lipinski definition) is 2. The average molecular weight is 446 g/mol. The standard InChI is InChI=1S/C14H18N2O2.C8H10BrN/c1-14(2,3)18-13(17)16-9-8-11-4-6-12(10-15)7-5-11;9-8-3-1-7(2-4-8)5-6-10/h4-7H,8-9H2,1-3H3,(H,16,17);1-4H,5-6,10H2. The summed E-state index contributed by atoms with van der Waals surface area (Å²) < 4.78 is 6.24. The van der Waals surface area contributed by atoms with Gasteiger partial charge in [-0.1, -0.05) is 40.2 Å². The highest BCUT2D eigenvalue weighted by Crippen LogP contribution is 2.10. The van der Waals surface area contributed by atoms with Gasteiger partial charge in [0.25, 0.3) is 0 Å².